The molecule has 16 heavy (non-hydrogen) atoms. The first-order valence-electron chi connectivity index (χ1n) is 5.08. The quantitative estimate of drug-likeness (QED) is 0.666. The van der Waals surface area contributed by atoms with E-state index in [1.165, 1.54) is 6.92 Å². The van der Waals surface area contributed by atoms with Crippen LogP contribution in [-0.4, -0.2) is 35.2 Å². The molecular formula is C10H12O6. The molecule has 0 bridgehead atoms. The molecule has 6 heteroatoms. The van der Waals surface area contributed by atoms with Gasteiger partial charge in [-0.2, -0.15) is 0 Å². The van der Waals surface area contributed by atoms with Gasteiger partial charge in [-0.1, -0.05) is 0 Å². The molecule has 0 amide bonds. The SMILES string of the molecule is CC(=O)OC1CC2OC(=O)CC2C1C(=O)O. The Morgan fingerprint density at radius 1 is 1.50 bits per heavy atom. The summed E-state index contributed by atoms with van der Waals surface area (Å²) in [5, 5.41) is 9.07. The van der Waals surface area contributed by atoms with Crippen molar-refractivity contribution in [3.8, 4) is 0 Å². The summed E-state index contributed by atoms with van der Waals surface area (Å²) in [7, 11) is 0. The van der Waals surface area contributed by atoms with Gasteiger partial charge in [0.2, 0.25) is 0 Å². The normalized spacial score (nSPS) is 36.7. The summed E-state index contributed by atoms with van der Waals surface area (Å²) in [5.41, 5.74) is 0. The van der Waals surface area contributed by atoms with E-state index in [0.717, 1.165) is 0 Å². The van der Waals surface area contributed by atoms with Gasteiger partial charge in [-0.05, 0) is 0 Å². The topological polar surface area (TPSA) is 89.9 Å². The Labute approximate surface area is 91.5 Å². The smallest absolute Gasteiger partial charge is 0.310 e. The number of hydrogen-bond acceptors (Lipinski definition) is 5. The Morgan fingerprint density at radius 3 is 2.75 bits per heavy atom. The molecule has 2 aliphatic rings. The maximum Gasteiger partial charge on any atom is 0.310 e. The standard InChI is InChI=1S/C10H12O6/c1-4(11)15-7-3-6-5(2-8(12)16-6)9(7)10(13)14/h5-7,9H,2-3H2,1H3,(H,13,14). The minimum atomic E-state index is -1.04. The van der Waals surface area contributed by atoms with E-state index >= 15 is 0 Å². The van der Waals surface area contributed by atoms with Crippen LogP contribution in [0.5, 0.6) is 0 Å². The number of hydrogen-bond donors (Lipinski definition) is 1. The molecule has 1 N–H and O–H groups in total. The highest BCUT2D eigenvalue weighted by molar-refractivity contribution is 5.78. The fourth-order valence-corrected chi connectivity index (χ4v) is 2.54. The van der Waals surface area contributed by atoms with E-state index in [2.05, 4.69) is 0 Å². The molecule has 0 spiro atoms. The Bertz CT molecular complexity index is 349. The van der Waals surface area contributed by atoms with Crippen LogP contribution in [0.3, 0.4) is 0 Å². The lowest BCUT2D eigenvalue weighted by Crippen LogP contribution is -2.31. The molecular weight excluding hydrogens is 216 g/mol. The van der Waals surface area contributed by atoms with Gasteiger partial charge in [0, 0.05) is 19.3 Å². The van der Waals surface area contributed by atoms with Crippen LogP contribution in [0.4, 0.5) is 0 Å². The Hall–Kier alpha value is -1.59. The second-order valence-corrected chi connectivity index (χ2v) is 4.14. The Morgan fingerprint density at radius 2 is 2.19 bits per heavy atom. The lowest BCUT2D eigenvalue weighted by Gasteiger charge is -2.17. The van der Waals surface area contributed by atoms with Crippen LogP contribution in [0.15, 0.2) is 0 Å². The minimum absolute atomic E-state index is 0.0966. The molecule has 0 aromatic rings. The molecule has 88 valence electrons. The van der Waals surface area contributed by atoms with Gasteiger partial charge in [-0.25, -0.2) is 0 Å². The molecule has 2 rings (SSSR count). The van der Waals surface area contributed by atoms with E-state index in [9.17, 15) is 14.4 Å². The van der Waals surface area contributed by atoms with Crippen LogP contribution in [0, 0.1) is 11.8 Å². The number of carbonyl (C=O) groups excluding carboxylic acids is 2. The Balaban J connectivity index is 2.15. The van der Waals surface area contributed by atoms with Crippen molar-refractivity contribution >= 4 is 17.9 Å². The van der Waals surface area contributed by atoms with Gasteiger partial charge in [0.1, 0.15) is 18.1 Å². The number of aliphatic carboxylic acids is 1. The monoisotopic (exact) mass is 228 g/mol. The van der Waals surface area contributed by atoms with E-state index in [1.54, 1.807) is 0 Å². The molecule has 1 aliphatic carbocycles. The summed E-state index contributed by atoms with van der Waals surface area (Å²) in [4.78, 5) is 32.9. The van der Waals surface area contributed by atoms with E-state index in [-0.39, 0.29) is 24.7 Å². The number of fused-ring (bicyclic) bond motifs is 1. The van der Waals surface area contributed by atoms with Crippen LogP contribution in [-0.2, 0) is 23.9 Å². The number of ether oxygens (including phenoxy) is 2. The largest absolute Gasteiger partial charge is 0.481 e. The number of rotatable bonds is 2. The molecule has 2 fully saturated rings. The Kier molecular flexibility index (Phi) is 2.57. The van der Waals surface area contributed by atoms with Gasteiger partial charge in [0.05, 0.1) is 6.42 Å². The first-order chi connectivity index (χ1) is 7.49. The molecule has 1 heterocycles. The van der Waals surface area contributed by atoms with Gasteiger partial charge in [-0.3, -0.25) is 14.4 Å². The molecule has 0 radical (unpaired) electrons. The van der Waals surface area contributed by atoms with Gasteiger partial charge in [0.25, 0.3) is 0 Å². The van der Waals surface area contributed by atoms with Crippen molar-refractivity contribution in [2.24, 2.45) is 11.8 Å². The summed E-state index contributed by atoms with van der Waals surface area (Å²) in [6.45, 7) is 1.24. The van der Waals surface area contributed by atoms with Crippen LogP contribution in [0.1, 0.15) is 19.8 Å². The van der Waals surface area contributed by atoms with E-state index in [1.807, 2.05) is 0 Å². The highest BCUT2D eigenvalue weighted by Crippen LogP contribution is 2.42. The minimum Gasteiger partial charge on any atom is -0.481 e. The summed E-state index contributed by atoms with van der Waals surface area (Å²) >= 11 is 0. The summed E-state index contributed by atoms with van der Waals surface area (Å²) < 4.78 is 9.93. The van der Waals surface area contributed by atoms with Gasteiger partial charge < -0.3 is 14.6 Å². The third-order valence-corrected chi connectivity index (χ3v) is 3.09. The van der Waals surface area contributed by atoms with Crippen LogP contribution in [0.25, 0.3) is 0 Å². The van der Waals surface area contributed by atoms with Gasteiger partial charge in [0.15, 0.2) is 0 Å². The zero-order valence-corrected chi connectivity index (χ0v) is 8.71. The second-order valence-electron chi connectivity index (χ2n) is 4.14. The van der Waals surface area contributed by atoms with Crippen molar-refractivity contribution in [2.45, 2.75) is 32.0 Å². The molecule has 6 nitrogen and oxygen atoms in total. The average Bonchev–Trinajstić information content (AvgIpc) is 2.57. The lowest BCUT2D eigenvalue weighted by atomic mass is 9.92. The zero-order chi connectivity index (χ0) is 11.9. The maximum atomic E-state index is 11.1. The summed E-state index contributed by atoms with van der Waals surface area (Å²) in [6, 6.07) is 0. The maximum absolute atomic E-state index is 11.1. The van der Waals surface area contributed by atoms with E-state index < -0.39 is 30.1 Å². The van der Waals surface area contributed by atoms with Crippen molar-refractivity contribution < 1.29 is 29.0 Å². The highest BCUT2D eigenvalue weighted by atomic mass is 16.6. The van der Waals surface area contributed by atoms with E-state index in [0.29, 0.717) is 0 Å². The third-order valence-electron chi connectivity index (χ3n) is 3.09. The molecule has 1 saturated heterocycles. The highest BCUT2D eigenvalue weighted by Gasteiger charge is 2.54. The number of carboxylic acid groups (broad SMARTS) is 1. The molecule has 1 saturated carbocycles. The number of esters is 2. The predicted molar refractivity (Wildman–Crippen MR) is 49.3 cm³/mol. The molecule has 4 atom stereocenters. The van der Waals surface area contributed by atoms with Crippen molar-refractivity contribution in [1.29, 1.82) is 0 Å². The van der Waals surface area contributed by atoms with Crippen molar-refractivity contribution in [2.75, 3.05) is 0 Å². The fraction of sp³-hybridized carbons (Fsp3) is 0.700. The third kappa shape index (κ3) is 1.75. The second kappa shape index (κ2) is 3.77. The first kappa shape index (κ1) is 10.9. The molecule has 4 unspecified atom stereocenters. The lowest BCUT2D eigenvalue weighted by molar-refractivity contribution is -0.156. The molecule has 0 aromatic heterocycles. The van der Waals surface area contributed by atoms with Crippen LogP contribution in [0.2, 0.25) is 0 Å². The number of carbonyl (C=O) groups is 3. The summed E-state index contributed by atoms with van der Waals surface area (Å²) in [6.07, 6.45) is -0.720. The van der Waals surface area contributed by atoms with Crippen LogP contribution < -0.4 is 0 Å². The van der Waals surface area contributed by atoms with Gasteiger partial charge >= 0.3 is 17.9 Å². The first-order valence-corrected chi connectivity index (χ1v) is 5.08. The van der Waals surface area contributed by atoms with E-state index in [4.69, 9.17) is 14.6 Å². The predicted octanol–water partition coefficient (Wildman–Crippen LogP) is -0.0457. The fourth-order valence-electron chi connectivity index (χ4n) is 2.54. The van der Waals surface area contributed by atoms with Crippen LogP contribution >= 0.6 is 0 Å². The van der Waals surface area contributed by atoms with Gasteiger partial charge in [-0.15, -0.1) is 0 Å². The van der Waals surface area contributed by atoms with Crippen molar-refractivity contribution in [3.05, 3.63) is 0 Å². The van der Waals surface area contributed by atoms with Crippen molar-refractivity contribution in [3.63, 3.8) is 0 Å². The summed E-state index contributed by atoms with van der Waals surface area (Å²) in [5.74, 6) is -3.13. The van der Waals surface area contributed by atoms with Crippen molar-refractivity contribution in [1.82, 2.24) is 0 Å². The number of carboxylic acids is 1. The molecule has 0 aromatic carbocycles. The zero-order valence-electron chi connectivity index (χ0n) is 8.71. The average molecular weight is 228 g/mol. The molecule has 1 aliphatic heterocycles.